The van der Waals surface area contributed by atoms with Crippen molar-refractivity contribution in [2.45, 2.75) is 38.0 Å². The summed E-state index contributed by atoms with van der Waals surface area (Å²) in [6.45, 7) is 0. The van der Waals surface area contributed by atoms with Gasteiger partial charge in [0.25, 0.3) is 0 Å². The van der Waals surface area contributed by atoms with E-state index in [2.05, 4.69) is 187 Å². The fourth-order valence-electron chi connectivity index (χ4n) is 8.74. The molecule has 0 saturated heterocycles. The Labute approximate surface area is 321 Å². The summed E-state index contributed by atoms with van der Waals surface area (Å²) >= 11 is 1.87. The maximum absolute atomic E-state index is 2.45. The van der Waals surface area contributed by atoms with E-state index in [1.165, 1.54) is 102 Å². The Hall–Kier alpha value is -5.96. The van der Waals surface area contributed by atoms with Crippen LogP contribution in [0.2, 0.25) is 0 Å². The van der Waals surface area contributed by atoms with Crippen molar-refractivity contribution in [2.24, 2.45) is 0 Å². The third kappa shape index (κ3) is 6.07. The Kier molecular flexibility index (Phi) is 8.54. The molecule has 1 aliphatic carbocycles. The fraction of sp³-hybridized carbons (Fsp3) is 0.115. The van der Waals surface area contributed by atoms with Gasteiger partial charge in [-0.05, 0) is 111 Å². The summed E-state index contributed by atoms with van der Waals surface area (Å²) in [5, 5.41) is 5.24. The van der Waals surface area contributed by atoms with Crippen LogP contribution in [0.5, 0.6) is 0 Å². The van der Waals surface area contributed by atoms with Gasteiger partial charge in [-0.1, -0.05) is 159 Å². The van der Waals surface area contributed by atoms with Crippen LogP contribution in [0, 0.1) is 0 Å². The number of benzene rings is 8. The van der Waals surface area contributed by atoms with Crippen LogP contribution in [-0.4, -0.2) is 0 Å². The van der Waals surface area contributed by atoms with Gasteiger partial charge in [0.15, 0.2) is 0 Å². The van der Waals surface area contributed by atoms with Gasteiger partial charge >= 0.3 is 0 Å². The predicted octanol–water partition coefficient (Wildman–Crippen LogP) is 15.7. The van der Waals surface area contributed by atoms with Crippen molar-refractivity contribution in [3.8, 4) is 33.4 Å². The van der Waals surface area contributed by atoms with Crippen molar-refractivity contribution in [3.05, 3.63) is 188 Å². The average Bonchev–Trinajstić information content (AvgIpc) is 3.62. The van der Waals surface area contributed by atoms with E-state index in [0.29, 0.717) is 5.92 Å². The lowest BCUT2D eigenvalue weighted by molar-refractivity contribution is 0.444. The van der Waals surface area contributed by atoms with E-state index in [9.17, 15) is 0 Å². The number of fused-ring (bicyclic) bond motifs is 4. The summed E-state index contributed by atoms with van der Waals surface area (Å²) in [4.78, 5) is 2.43. The molecule has 0 aliphatic heterocycles. The summed E-state index contributed by atoms with van der Waals surface area (Å²) in [7, 11) is 0. The molecule has 1 aromatic heterocycles. The monoisotopic (exact) mass is 711 g/mol. The zero-order valence-electron chi connectivity index (χ0n) is 30.3. The second kappa shape index (κ2) is 14.1. The van der Waals surface area contributed by atoms with E-state index in [0.717, 1.165) is 17.1 Å². The first-order valence-electron chi connectivity index (χ1n) is 19.4. The number of thiophene rings is 1. The van der Waals surface area contributed by atoms with Crippen molar-refractivity contribution in [1.29, 1.82) is 0 Å². The molecule has 1 heterocycles. The van der Waals surface area contributed by atoms with E-state index in [-0.39, 0.29) is 0 Å². The van der Waals surface area contributed by atoms with Crippen molar-refractivity contribution in [3.63, 3.8) is 0 Å². The molecule has 1 nitrogen and oxygen atoms in total. The molecule has 2 heteroatoms. The van der Waals surface area contributed by atoms with Crippen molar-refractivity contribution >= 4 is 59.3 Å². The van der Waals surface area contributed by atoms with E-state index >= 15 is 0 Å². The maximum atomic E-state index is 2.45. The van der Waals surface area contributed by atoms with E-state index in [1.807, 2.05) is 11.3 Å². The molecule has 0 bridgehead atoms. The van der Waals surface area contributed by atoms with Gasteiger partial charge in [-0.2, -0.15) is 0 Å². The molecule has 1 aliphatic rings. The molecule has 9 aromatic rings. The first kappa shape index (κ1) is 32.7. The quantitative estimate of drug-likeness (QED) is 0.159. The van der Waals surface area contributed by atoms with Crippen LogP contribution < -0.4 is 4.90 Å². The number of hydrogen-bond acceptors (Lipinski definition) is 2. The molecule has 0 unspecified atom stereocenters. The summed E-state index contributed by atoms with van der Waals surface area (Å²) < 4.78 is 2.63. The molecule has 8 aromatic carbocycles. The molecule has 54 heavy (non-hydrogen) atoms. The van der Waals surface area contributed by atoms with Crippen LogP contribution in [0.3, 0.4) is 0 Å². The zero-order valence-corrected chi connectivity index (χ0v) is 31.1. The summed E-state index contributed by atoms with van der Waals surface area (Å²) in [6.07, 6.45) is 6.72. The van der Waals surface area contributed by atoms with Crippen LogP contribution in [-0.2, 0) is 0 Å². The summed E-state index contributed by atoms with van der Waals surface area (Å²) in [5.74, 6) is 0.695. The van der Waals surface area contributed by atoms with Gasteiger partial charge in [-0.3, -0.25) is 0 Å². The van der Waals surface area contributed by atoms with Crippen LogP contribution in [0.4, 0.5) is 17.1 Å². The molecule has 0 N–H and O–H groups in total. The molecule has 0 atom stereocenters. The molecular weight excluding hydrogens is 671 g/mol. The number of rotatable bonds is 7. The van der Waals surface area contributed by atoms with Gasteiger partial charge in [-0.15, -0.1) is 11.3 Å². The lowest BCUT2D eigenvalue weighted by atomic mass is 9.83. The standard InChI is InChI=1S/C52H41NS/c1-4-13-36(14-5-1)40-23-24-42-34-44(30-27-41(42)33-40)53(45-31-32-49-48-19-10-11-22-50(48)54-51(49)35-45)43-28-25-39(26-29-43)52-46(37-15-6-2-7-16-37)20-12-21-47(52)38-17-8-3-9-18-38/h2-3,6-12,15-36H,1,4-5,13-14H2. The summed E-state index contributed by atoms with van der Waals surface area (Å²) in [6, 6.07) is 67.4. The van der Waals surface area contributed by atoms with Gasteiger partial charge in [0, 0.05) is 37.2 Å². The third-order valence-corrected chi connectivity index (χ3v) is 12.6. The molecule has 1 saturated carbocycles. The molecule has 1 fully saturated rings. The van der Waals surface area contributed by atoms with Gasteiger partial charge in [-0.25, -0.2) is 0 Å². The van der Waals surface area contributed by atoms with Crippen LogP contribution >= 0.6 is 11.3 Å². The Morgan fingerprint density at radius 2 is 1.00 bits per heavy atom. The second-order valence-corrected chi connectivity index (χ2v) is 15.8. The smallest absolute Gasteiger partial charge is 0.0476 e. The highest BCUT2D eigenvalue weighted by molar-refractivity contribution is 7.25. The van der Waals surface area contributed by atoms with Crippen molar-refractivity contribution < 1.29 is 0 Å². The predicted molar refractivity (Wildman–Crippen MR) is 234 cm³/mol. The largest absolute Gasteiger partial charge is 0.310 e. The maximum Gasteiger partial charge on any atom is 0.0476 e. The Morgan fingerprint density at radius 3 is 1.74 bits per heavy atom. The molecule has 0 spiro atoms. The van der Waals surface area contributed by atoms with Crippen molar-refractivity contribution in [2.75, 3.05) is 4.90 Å². The topological polar surface area (TPSA) is 3.24 Å². The minimum absolute atomic E-state index is 0.695. The van der Waals surface area contributed by atoms with Crippen molar-refractivity contribution in [1.82, 2.24) is 0 Å². The third-order valence-electron chi connectivity index (χ3n) is 11.5. The Morgan fingerprint density at radius 1 is 0.407 bits per heavy atom. The van der Waals surface area contributed by atoms with Crippen LogP contribution in [0.1, 0.15) is 43.6 Å². The first-order chi connectivity index (χ1) is 26.8. The minimum Gasteiger partial charge on any atom is -0.310 e. The number of nitrogens with zero attached hydrogens (tertiary/aromatic N) is 1. The van der Waals surface area contributed by atoms with E-state index in [1.54, 1.807) is 0 Å². The van der Waals surface area contributed by atoms with Gasteiger partial charge in [0.1, 0.15) is 0 Å². The zero-order chi connectivity index (χ0) is 35.8. The molecule has 260 valence electrons. The minimum atomic E-state index is 0.695. The average molecular weight is 712 g/mol. The SMILES string of the molecule is c1ccc(-c2cccc(-c3ccccc3)c2-c2ccc(N(c3ccc4cc(C5CCCCC5)ccc4c3)c3ccc4c(c3)sc3ccccc34)cc2)cc1. The van der Waals surface area contributed by atoms with E-state index < -0.39 is 0 Å². The van der Waals surface area contributed by atoms with Gasteiger partial charge < -0.3 is 4.90 Å². The Bertz CT molecular complexity index is 2680. The first-order valence-corrected chi connectivity index (χ1v) is 20.2. The molecule has 0 radical (unpaired) electrons. The number of anilines is 3. The van der Waals surface area contributed by atoms with E-state index in [4.69, 9.17) is 0 Å². The second-order valence-electron chi connectivity index (χ2n) is 14.7. The number of hydrogen-bond donors (Lipinski definition) is 0. The molecule has 0 amide bonds. The van der Waals surface area contributed by atoms with Crippen LogP contribution in [0.25, 0.3) is 64.3 Å². The Balaban J connectivity index is 1.11. The fourth-order valence-corrected chi connectivity index (χ4v) is 9.88. The normalized spacial score (nSPS) is 13.5. The lowest BCUT2D eigenvalue weighted by Gasteiger charge is -2.27. The highest BCUT2D eigenvalue weighted by Gasteiger charge is 2.19. The van der Waals surface area contributed by atoms with Gasteiger partial charge in [0.05, 0.1) is 0 Å². The highest BCUT2D eigenvalue weighted by Crippen LogP contribution is 2.44. The summed E-state index contributed by atoms with van der Waals surface area (Å²) in [5.41, 5.74) is 12.3. The lowest BCUT2D eigenvalue weighted by Crippen LogP contribution is -2.10. The highest BCUT2D eigenvalue weighted by atomic mass is 32.1. The van der Waals surface area contributed by atoms with Crippen LogP contribution in [0.15, 0.2) is 182 Å². The molecule has 10 rings (SSSR count). The van der Waals surface area contributed by atoms with Gasteiger partial charge in [0.2, 0.25) is 0 Å². The molecular formula is C52H41NS.